The molecule has 0 N–H and O–H groups in total. The summed E-state index contributed by atoms with van der Waals surface area (Å²) in [7, 11) is 4.13. The van der Waals surface area contributed by atoms with Crippen molar-refractivity contribution in [1.29, 1.82) is 0 Å². The average molecular weight is 220 g/mol. The minimum atomic E-state index is -0.175. The van der Waals surface area contributed by atoms with E-state index in [1.807, 2.05) is 18.3 Å². The topological polar surface area (TPSA) is 8.17 Å². The highest BCUT2D eigenvalue weighted by Gasteiger charge is 2.08. The van der Waals surface area contributed by atoms with Crippen molar-refractivity contribution in [3.05, 3.63) is 36.3 Å². The Labute approximate surface area is 95.3 Å². The summed E-state index contributed by atoms with van der Waals surface area (Å²) in [6.07, 6.45) is 2.02. The van der Waals surface area contributed by atoms with Crippen LogP contribution >= 0.6 is 0 Å². The molecule has 0 bridgehead atoms. The van der Waals surface area contributed by atoms with Crippen LogP contribution in [0.3, 0.4) is 0 Å². The van der Waals surface area contributed by atoms with E-state index in [1.165, 1.54) is 6.07 Å². The van der Waals surface area contributed by atoms with Gasteiger partial charge in [0.05, 0.1) is 0 Å². The van der Waals surface area contributed by atoms with E-state index in [-0.39, 0.29) is 5.82 Å². The zero-order valence-electron chi connectivity index (χ0n) is 9.94. The van der Waals surface area contributed by atoms with Crippen LogP contribution in [0.2, 0.25) is 0 Å². The van der Waals surface area contributed by atoms with Crippen LogP contribution in [0, 0.1) is 5.82 Å². The molecule has 3 heteroatoms. The van der Waals surface area contributed by atoms with Gasteiger partial charge in [0.1, 0.15) is 5.82 Å². The van der Waals surface area contributed by atoms with Crippen molar-refractivity contribution in [2.45, 2.75) is 19.5 Å². The predicted molar refractivity (Wildman–Crippen MR) is 65.0 cm³/mol. The number of benzene rings is 1. The van der Waals surface area contributed by atoms with Crippen molar-refractivity contribution in [3.8, 4) is 0 Å². The summed E-state index contributed by atoms with van der Waals surface area (Å²) in [5.74, 6) is -0.175. The number of nitrogens with zero attached hydrogens (tertiary/aromatic N) is 2. The Hall–Kier alpha value is -1.35. The molecule has 0 aliphatic heterocycles. The van der Waals surface area contributed by atoms with Gasteiger partial charge in [0, 0.05) is 29.7 Å². The van der Waals surface area contributed by atoms with Gasteiger partial charge < -0.3 is 9.47 Å². The van der Waals surface area contributed by atoms with E-state index >= 15 is 0 Å². The van der Waals surface area contributed by atoms with Crippen molar-refractivity contribution >= 4 is 10.9 Å². The summed E-state index contributed by atoms with van der Waals surface area (Å²) in [5, 5.41) is 0.964. The number of halogens is 1. The maximum absolute atomic E-state index is 13.0. The van der Waals surface area contributed by atoms with Crippen LogP contribution in [0.1, 0.15) is 6.92 Å². The lowest BCUT2D eigenvalue weighted by Gasteiger charge is -2.20. The van der Waals surface area contributed by atoms with Crippen LogP contribution in [0.25, 0.3) is 10.9 Å². The first-order valence-corrected chi connectivity index (χ1v) is 5.49. The summed E-state index contributed by atoms with van der Waals surface area (Å²) < 4.78 is 15.2. The third-order valence-corrected chi connectivity index (χ3v) is 3.08. The van der Waals surface area contributed by atoms with Crippen molar-refractivity contribution in [3.63, 3.8) is 0 Å². The van der Waals surface area contributed by atoms with Crippen LogP contribution < -0.4 is 0 Å². The Morgan fingerprint density at radius 3 is 2.75 bits per heavy atom. The quantitative estimate of drug-likeness (QED) is 0.772. The van der Waals surface area contributed by atoms with E-state index in [1.54, 1.807) is 6.07 Å². The fraction of sp³-hybridized carbons (Fsp3) is 0.385. The van der Waals surface area contributed by atoms with Gasteiger partial charge in [-0.25, -0.2) is 4.39 Å². The first-order chi connectivity index (χ1) is 7.58. The van der Waals surface area contributed by atoms with Gasteiger partial charge in [0.25, 0.3) is 0 Å². The zero-order valence-corrected chi connectivity index (χ0v) is 9.94. The van der Waals surface area contributed by atoms with Gasteiger partial charge in [-0.1, -0.05) is 0 Å². The van der Waals surface area contributed by atoms with Crippen molar-refractivity contribution < 1.29 is 4.39 Å². The number of aromatic nitrogens is 1. The second kappa shape index (κ2) is 4.26. The largest absolute Gasteiger partial charge is 0.346 e. The van der Waals surface area contributed by atoms with Gasteiger partial charge in [-0.05, 0) is 45.3 Å². The van der Waals surface area contributed by atoms with Crippen LogP contribution in [-0.2, 0) is 6.54 Å². The highest BCUT2D eigenvalue weighted by molar-refractivity contribution is 5.80. The van der Waals surface area contributed by atoms with Crippen LogP contribution in [0.4, 0.5) is 4.39 Å². The number of rotatable bonds is 3. The van der Waals surface area contributed by atoms with Gasteiger partial charge in [-0.15, -0.1) is 0 Å². The third-order valence-electron chi connectivity index (χ3n) is 3.08. The fourth-order valence-electron chi connectivity index (χ4n) is 1.78. The SMILES string of the molecule is C[C@@H](Cn1ccc2cc(F)ccc21)N(C)C. The molecule has 0 amide bonds. The molecule has 0 aliphatic carbocycles. The third kappa shape index (κ3) is 2.09. The molecular formula is C13H17FN2. The molecule has 1 atom stereocenters. The summed E-state index contributed by atoms with van der Waals surface area (Å²) in [6.45, 7) is 3.09. The molecule has 2 nitrogen and oxygen atoms in total. The van der Waals surface area contributed by atoms with E-state index in [0.717, 1.165) is 17.4 Å². The summed E-state index contributed by atoms with van der Waals surface area (Å²) in [6, 6.07) is 7.35. The van der Waals surface area contributed by atoms with Gasteiger partial charge in [0.2, 0.25) is 0 Å². The van der Waals surface area contributed by atoms with Crippen molar-refractivity contribution in [2.24, 2.45) is 0 Å². The van der Waals surface area contributed by atoms with E-state index in [9.17, 15) is 4.39 Å². The molecule has 1 aromatic heterocycles. The molecule has 1 heterocycles. The Morgan fingerprint density at radius 2 is 2.06 bits per heavy atom. The molecule has 0 unspecified atom stereocenters. The normalized spacial score (nSPS) is 13.6. The predicted octanol–water partition coefficient (Wildman–Crippen LogP) is 2.73. The van der Waals surface area contributed by atoms with Gasteiger partial charge in [-0.3, -0.25) is 0 Å². The number of likely N-dealkylation sites (N-methyl/N-ethyl adjacent to an activating group) is 1. The maximum atomic E-state index is 13.0. The lowest BCUT2D eigenvalue weighted by atomic mass is 10.2. The maximum Gasteiger partial charge on any atom is 0.123 e. The second-order valence-corrected chi connectivity index (χ2v) is 4.48. The molecular weight excluding hydrogens is 203 g/mol. The molecule has 0 aliphatic rings. The summed E-state index contributed by atoms with van der Waals surface area (Å²) >= 11 is 0. The lowest BCUT2D eigenvalue weighted by molar-refractivity contribution is 0.286. The number of hydrogen-bond acceptors (Lipinski definition) is 1. The molecule has 86 valence electrons. The van der Waals surface area contributed by atoms with Gasteiger partial charge in [-0.2, -0.15) is 0 Å². The molecule has 2 rings (SSSR count). The van der Waals surface area contributed by atoms with Crippen molar-refractivity contribution in [1.82, 2.24) is 9.47 Å². The molecule has 16 heavy (non-hydrogen) atoms. The Morgan fingerprint density at radius 1 is 1.31 bits per heavy atom. The van der Waals surface area contributed by atoms with Crippen LogP contribution in [0.15, 0.2) is 30.5 Å². The van der Waals surface area contributed by atoms with E-state index < -0.39 is 0 Å². The summed E-state index contributed by atoms with van der Waals surface area (Å²) in [4.78, 5) is 2.18. The molecule has 0 saturated heterocycles. The Kier molecular flexibility index (Phi) is 2.97. The smallest absolute Gasteiger partial charge is 0.123 e. The first kappa shape index (κ1) is 11.1. The number of hydrogen-bond donors (Lipinski definition) is 0. The second-order valence-electron chi connectivity index (χ2n) is 4.48. The van der Waals surface area contributed by atoms with Gasteiger partial charge >= 0.3 is 0 Å². The highest BCUT2D eigenvalue weighted by Crippen LogP contribution is 2.17. The molecule has 0 saturated carbocycles. The standard InChI is InChI=1S/C13H17FN2/c1-10(15(2)3)9-16-7-6-11-8-12(14)4-5-13(11)16/h4-8,10H,9H2,1-3H3/t10-/m0/s1. The van der Waals surface area contributed by atoms with E-state index in [0.29, 0.717) is 6.04 Å². The molecule has 1 aromatic carbocycles. The highest BCUT2D eigenvalue weighted by atomic mass is 19.1. The summed E-state index contributed by atoms with van der Waals surface area (Å²) in [5.41, 5.74) is 1.09. The minimum Gasteiger partial charge on any atom is -0.346 e. The fourth-order valence-corrected chi connectivity index (χ4v) is 1.78. The Bertz CT molecular complexity index is 488. The van der Waals surface area contributed by atoms with Crippen molar-refractivity contribution in [2.75, 3.05) is 14.1 Å². The minimum absolute atomic E-state index is 0.175. The zero-order chi connectivity index (χ0) is 11.7. The molecule has 0 fully saturated rings. The first-order valence-electron chi connectivity index (χ1n) is 5.49. The molecule has 0 spiro atoms. The monoisotopic (exact) mass is 220 g/mol. The van der Waals surface area contributed by atoms with Gasteiger partial charge in [0.15, 0.2) is 0 Å². The van der Waals surface area contributed by atoms with E-state index in [2.05, 4.69) is 30.5 Å². The van der Waals surface area contributed by atoms with E-state index in [4.69, 9.17) is 0 Å². The average Bonchev–Trinajstić information content (AvgIpc) is 2.60. The Balaban J connectivity index is 2.32. The molecule has 0 radical (unpaired) electrons. The van der Waals surface area contributed by atoms with Crippen LogP contribution in [0.5, 0.6) is 0 Å². The molecule has 2 aromatic rings. The lowest BCUT2D eigenvalue weighted by Crippen LogP contribution is -2.28. The van der Waals surface area contributed by atoms with Crippen LogP contribution in [-0.4, -0.2) is 29.6 Å². The number of fused-ring (bicyclic) bond motifs is 1.